The highest BCUT2D eigenvalue weighted by molar-refractivity contribution is 9.10. The molecular weight excluding hydrogens is 470 g/mol. The third-order valence-corrected chi connectivity index (χ3v) is 6.55. The summed E-state index contributed by atoms with van der Waals surface area (Å²) in [6, 6.07) is 4.00. The maximum atomic E-state index is 13.3. The molecule has 3 aromatic rings. The predicted octanol–water partition coefficient (Wildman–Crippen LogP) is 3.99. The van der Waals surface area contributed by atoms with Crippen LogP contribution in [0.3, 0.4) is 0 Å². The van der Waals surface area contributed by atoms with Gasteiger partial charge in [0.2, 0.25) is 15.9 Å². The van der Waals surface area contributed by atoms with Crippen LogP contribution in [0, 0.1) is 11.6 Å². The molecule has 0 spiro atoms. The van der Waals surface area contributed by atoms with Gasteiger partial charge in [0, 0.05) is 17.3 Å². The number of nitrogens with one attached hydrogen (secondary N) is 2. The number of hydrogen-bond donors (Lipinski definition) is 2. The lowest BCUT2D eigenvalue weighted by atomic mass is 9.94. The number of pyridine rings is 1. The van der Waals surface area contributed by atoms with E-state index in [0.29, 0.717) is 6.42 Å². The van der Waals surface area contributed by atoms with Crippen molar-refractivity contribution in [2.24, 2.45) is 0 Å². The van der Waals surface area contributed by atoms with Gasteiger partial charge in [0.15, 0.2) is 11.6 Å². The van der Waals surface area contributed by atoms with Crippen LogP contribution in [0.5, 0.6) is 11.6 Å². The Morgan fingerprint density at radius 1 is 1.21 bits per heavy atom. The lowest BCUT2D eigenvalue weighted by Gasteiger charge is -2.22. The van der Waals surface area contributed by atoms with E-state index in [1.807, 2.05) is 0 Å². The number of nitrogens with zero attached hydrogens (tertiary/aromatic N) is 2. The second-order valence-corrected chi connectivity index (χ2v) is 9.07. The SMILES string of the molecule is O=S(=O)(NC1CCCc2[nH]ncc21)c1cnc(Oc2ccc(F)c(F)c2)c(Br)c1. The normalized spacial score (nSPS) is 16.4. The van der Waals surface area contributed by atoms with E-state index in [0.717, 1.165) is 42.4 Å². The van der Waals surface area contributed by atoms with Crippen molar-refractivity contribution < 1.29 is 21.9 Å². The summed E-state index contributed by atoms with van der Waals surface area (Å²) in [6.45, 7) is 0. The lowest BCUT2D eigenvalue weighted by molar-refractivity contribution is 0.444. The van der Waals surface area contributed by atoms with Gasteiger partial charge in [-0.25, -0.2) is 26.9 Å². The van der Waals surface area contributed by atoms with Gasteiger partial charge < -0.3 is 4.74 Å². The van der Waals surface area contributed by atoms with Crippen LogP contribution in [0.4, 0.5) is 8.78 Å². The summed E-state index contributed by atoms with van der Waals surface area (Å²) in [5.41, 5.74) is 1.77. The molecule has 2 heterocycles. The summed E-state index contributed by atoms with van der Waals surface area (Å²) in [5, 5.41) is 6.88. The summed E-state index contributed by atoms with van der Waals surface area (Å²) < 4.78 is 60.3. The van der Waals surface area contributed by atoms with Crippen LogP contribution in [0.15, 0.2) is 46.0 Å². The second kappa shape index (κ2) is 7.81. The van der Waals surface area contributed by atoms with Crippen molar-refractivity contribution in [1.82, 2.24) is 19.9 Å². The van der Waals surface area contributed by atoms with E-state index in [2.05, 4.69) is 35.8 Å². The standard InChI is InChI=1S/C18H15BrF2N4O3S/c19-13-7-11(8-22-18(13)28-10-4-5-14(20)15(21)6-10)29(26,27)25-17-3-1-2-16-12(17)9-23-24-16/h4-9,17,25H,1-3H2,(H,23,24). The highest BCUT2D eigenvalue weighted by atomic mass is 79.9. The Bertz CT molecular complexity index is 1170. The number of fused-ring (bicyclic) bond motifs is 1. The van der Waals surface area contributed by atoms with Crippen LogP contribution in [-0.2, 0) is 16.4 Å². The molecule has 1 aromatic carbocycles. The maximum Gasteiger partial charge on any atom is 0.242 e. The first-order valence-electron chi connectivity index (χ1n) is 8.66. The summed E-state index contributed by atoms with van der Waals surface area (Å²) in [5.74, 6) is -2.02. The van der Waals surface area contributed by atoms with Crippen molar-refractivity contribution in [3.05, 3.63) is 64.0 Å². The smallest absolute Gasteiger partial charge is 0.242 e. The first kappa shape index (κ1) is 19.9. The minimum absolute atomic E-state index is 0.0183. The van der Waals surface area contributed by atoms with Crippen LogP contribution in [-0.4, -0.2) is 23.6 Å². The molecule has 0 fully saturated rings. The van der Waals surface area contributed by atoms with Gasteiger partial charge in [-0.2, -0.15) is 5.10 Å². The van der Waals surface area contributed by atoms with E-state index in [9.17, 15) is 17.2 Å². The van der Waals surface area contributed by atoms with E-state index in [-0.39, 0.29) is 27.0 Å². The van der Waals surface area contributed by atoms with Crippen molar-refractivity contribution in [3.8, 4) is 11.6 Å². The highest BCUT2D eigenvalue weighted by Gasteiger charge is 2.27. The molecule has 152 valence electrons. The Balaban J connectivity index is 1.55. The fraction of sp³-hybridized carbons (Fsp3) is 0.222. The van der Waals surface area contributed by atoms with Crippen molar-refractivity contribution >= 4 is 26.0 Å². The van der Waals surface area contributed by atoms with Gasteiger partial charge in [0.05, 0.1) is 22.9 Å². The maximum absolute atomic E-state index is 13.3. The van der Waals surface area contributed by atoms with Gasteiger partial charge in [0.1, 0.15) is 10.6 Å². The molecule has 0 radical (unpaired) electrons. The van der Waals surface area contributed by atoms with Crippen molar-refractivity contribution in [1.29, 1.82) is 0 Å². The number of H-pyrrole nitrogens is 1. The van der Waals surface area contributed by atoms with Gasteiger partial charge in [0.25, 0.3) is 0 Å². The van der Waals surface area contributed by atoms with Crippen LogP contribution in [0.25, 0.3) is 0 Å². The Morgan fingerprint density at radius 3 is 2.79 bits per heavy atom. The monoisotopic (exact) mass is 484 g/mol. The summed E-state index contributed by atoms with van der Waals surface area (Å²) in [6.07, 6.45) is 5.11. The largest absolute Gasteiger partial charge is 0.438 e. The number of aryl methyl sites for hydroxylation is 1. The first-order chi connectivity index (χ1) is 13.8. The number of hydrogen-bond acceptors (Lipinski definition) is 5. The second-order valence-electron chi connectivity index (χ2n) is 6.51. The molecule has 0 amide bonds. The third-order valence-electron chi connectivity index (χ3n) is 4.54. The lowest BCUT2D eigenvalue weighted by Crippen LogP contribution is -2.30. The number of benzene rings is 1. The highest BCUT2D eigenvalue weighted by Crippen LogP contribution is 2.32. The van der Waals surface area contributed by atoms with E-state index in [4.69, 9.17) is 4.74 Å². The van der Waals surface area contributed by atoms with Crippen molar-refractivity contribution in [2.75, 3.05) is 0 Å². The fourth-order valence-electron chi connectivity index (χ4n) is 3.12. The fourth-order valence-corrected chi connectivity index (χ4v) is 4.92. The molecule has 1 aliphatic rings. The Labute approximate surface area is 173 Å². The number of ether oxygens (including phenoxy) is 1. The average molecular weight is 485 g/mol. The Morgan fingerprint density at radius 2 is 2.03 bits per heavy atom. The van der Waals surface area contributed by atoms with E-state index < -0.39 is 21.7 Å². The molecule has 29 heavy (non-hydrogen) atoms. The van der Waals surface area contributed by atoms with Crippen LogP contribution in [0.2, 0.25) is 0 Å². The molecule has 7 nitrogen and oxygen atoms in total. The molecule has 0 saturated heterocycles. The minimum atomic E-state index is -3.85. The van der Waals surface area contributed by atoms with Crippen molar-refractivity contribution in [2.45, 2.75) is 30.2 Å². The molecule has 1 atom stereocenters. The zero-order valence-electron chi connectivity index (χ0n) is 14.8. The molecule has 2 N–H and O–H groups in total. The summed E-state index contributed by atoms with van der Waals surface area (Å²) in [4.78, 5) is 3.94. The molecule has 0 saturated carbocycles. The molecule has 4 rings (SSSR count). The predicted molar refractivity (Wildman–Crippen MR) is 103 cm³/mol. The van der Waals surface area contributed by atoms with Gasteiger partial charge in [-0.15, -0.1) is 0 Å². The Kier molecular flexibility index (Phi) is 5.36. The first-order valence-corrected chi connectivity index (χ1v) is 10.9. The quantitative estimate of drug-likeness (QED) is 0.570. The van der Waals surface area contributed by atoms with Gasteiger partial charge in [-0.3, -0.25) is 5.10 Å². The zero-order valence-corrected chi connectivity index (χ0v) is 17.2. The minimum Gasteiger partial charge on any atom is -0.438 e. The van der Waals surface area contributed by atoms with Gasteiger partial charge >= 0.3 is 0 Å². The number of sulfonamides is 1. The number of halogens is 3. The summed E-state index contributed by atoms with van der Waals surface area (Å²) >= 11 is 3.21. The van der Waals surface area contributed by atoms with Gasteiger partial charge in [-0.1, -0.05) is 0 Å². The van der Waals surface area contributed by atoms with Crippen LogP contribution >= 0.6 is 15.9 Å². The van der Waals surface area contributed by atoms with E-state index in [1.54, 1.807) is 6.20 Å². The van der Waals surface area contributed by atoms with E-state index >= 15 is 0 Å². The van der Waals surface area contributed by atoms with E-state index in [1.165, 1.54) is 12.1 Å². The molecule has 11 heteroatoms. The van der Waals surface area contributed by atoms with Crippen LogP contribution < -0.4 is 9.46 Å². The summed E-state index contributed by atoms with van der Waals surface area (Å²) in [7, 11) is -3.85. The number of rotatable bonds is 5. The molecule has 1 unspecified atom stereocenters. The van der Waals surface area contributed by atoms with Gasteiger partial charge in [-0.05, 0) is 53.4 Å². The van der Waals surface area contributed by atoms with Crippen LogP contribution in [0.1, 0.15) is 30.1 Å². The zero-order chi connectivity index (χ0) is 20.6. The Hall–Kier alpha value is -2.37. The molecule has 0 bridgehead atoms. The molecule has 0 aliphatic heterocycles. The number of aromatic amines is 1. The molecule has 1 aliphatic carbocycles. The number of aromatic nitrogens is 3. The van der Waals surface area contributed by atoms with Crippen molar-refractivity contribution in [3.63, 3.8) is 0 Å². The molecule has 2 aromatic heterocycles. The average Bonchev–Trinajstić information content (AvgIpc) is 3.16. The molecular formula is C18H15BrF2N4O3S. The topological polar surface area (TPSA) is 97.0 Å². The third kappa shape index (κ3) is 4.16.